The number of hydrogen-bond acceptors (Lipinski definition) is 7. The van der Waals surface area contributed by atoms with Crippen molar-refractivity contribution in [2.45, 2.75) is 57.8 Å². The van der Waals surface area contributed by atoms with Crippen molar-refractivity contribution in [1.29, 1.82) is 0 Å². The average Bonchev–Trinajstić information content (AvgIpc) is 3.47. The van der Waals surface area contributed by atoms with Crippen LogP contribution in [-0.4, -0.2) is 78.4 Å². The van der Waals surface area contributed by atoms with E-state index in [-0.39, 0.29) is 31.6 Å². The monoisotopic (exact) mass is 473 g/mol. The Balaban J connectivity index is 1.60. The fourth-order valence-electron chi connectivity index (χ4n) is 6.00. The number of fused-ring (bicyclic) bond motifs is 1. The molecule has 1 aromatic rings. The van der Waals surface area contributed by atoms with Gasteiger partial charge in [0.25, 0.3) is 0 Å². The Morgan fingerprint density at radius 3 is 2.56 bits per heavy atom. The van der Waals surface area contributed by atoms with Crippen LogP contribution in [0, 0.1) is 11.8 Å². The quantitative estimate of drug-likeness (QED) is 0.499. The lowest BCUT2D eigenvalue weighted by Crippen LogP contribution is -2.53. The molecule has 3 aliphatic rings. The lowest BCUT2D eigenvalue weighted by molar-refractivity contribution is -0.154. The summed E-state index contributed by atoms with van der Waals surface area (Å²) in [5.74, 6) is -2.50. The van der Waals surface area contributed by atoms with Crippen LogP contribution in [0.3, 0.4) is 0 Å². The van der Waals surface area contributed by atoms with Crippen LogP contribution in [0.2, 0.25) is 0 Å². The maximum atomic E-state index is 13.6. The molecule has 5 atom stereocenters. The smallest absolute Gasteiger partial charge is 0.312 e. The second-order valence-electron chi connectivity index (χ2n) is 9.13. The molecule has 186 valence electrons. The number of ether oxygens (including phenoxy) is 2. The van der Waals surface area contributed by atoms with Crippen molar-refractivity contribution < 1.29 is 29.0 Å². The van der Waals surface area contributed by atoms with Gasteiger partial charge in [-0.3, -0.25) is 14.4 Å². The normalized spacial score (nSPS) is 29.3. The van der Waals surface area contributed by atoms with E-state index in [0.29, 0.717) is 24.9 Å². The Kier molecular flexibility index (Phi) is 7.14. The van der Waals surface area contributed by atoms with E-state index in [1.807, 2.05) is 24.3 Å². The first-order valence-corrected chi connectivity index (χ1v) is 12.3. The highest BCUT2D eigenvalue weighted by molar-refractivity contribution is 6.03. The summed E-state index contributed by atoms with van der Waals surface area (Å²) in [7, 11) is 0. The molecule has 2 N–H and O–H groups in total. The molecule has 3 heterocycles. The molecule has 4 rings (SSSR count). The van der Waals surface area contributed by atoms with E-state index in [4.69, 9.17) is 9.47 Å². The minimum absolute atomic E-state index is 0.104. The number of esters is 1. The third-order valence-electron chi connectivity index (χ3n) is 7.43. The molecule has 2 bridgehead atoms. The molecule has 3 aliphatic heterocycles. The molecular weight excluding hydrogens is 438 g/mol. The molecular formula is C25H35N3O6. The van der Waals surface area contributed by atoms with E-state index in [1.165, 1.54) is 4.90 Å². The van der Waals surface area contributed by atoms with E-state index >= 15 is 0 Å². The maximum absolute atomic E-state index is 13.6. The second kappa shape index (κ2) is 9.92. The van der Waals surface area contributed by atoms with Crippen molar-refractivity contribution in [1.82, 2.24) is 4.90 Å². The fourth-order valence-corrected chi connectivity index (χ4v) is 6.00. The number of nitrogens with one attached hydrogen (secondary N) is 1. The number of aliphatic hydroxyl groups excluding tert-OH is 1. The first kappa shape index (κ1) is 24.5. The van der Waals surface area contributed by atoms with Crippen LogP contribution in [0.4, 0.5) is 11.4 Å². The van der Waals surface area contributed by atoms with Crippen LogP contribution in [0.5, 0.6) is 0 Å². The number of amides is 2. The molecule has 1 spiro atoms. The predicted octanol–water partition coefficient (Wildman–Crippen LogP) is 1.79. The molecule has 3 fully saturated rings. The number of likely N-dealkylation sites (tertiary alicyclic amines) is 1. The Labute approximate surface area is 200 Å². The van der Waals surface area contributed by atoms with Gasteiger partial charge < -0.3 is 29.7 Å². The largest absolute Gasteiger partial charge is 0.466 e. The maximum Gasteiger partial charge on any atom is 0.312 e. The number of rotatable bonds is 10. The van der Waals surface area contributed by atoms with E-state index < -0.39 is 35.6 Å². The van der Waals surface area contributed by atoms with Crippen molar-refractivity contribution >= 4 is 29.2 Å². The van der Waals surface area contributed by atoms with Crippen molar-refractivity contribution in [2.75, 3.05) is 43.1 Å². The van der Waals surface area contributed by atoms with Gasteiger partial charge in [-0.25, -0.2) is 0 Å². The van der Waals surface area contributed by atoms with Crippen LogP contribution >= 0.6 is 0 Å². The van der Waals surface area contributed by atoms with E-state index in [0.717, 1.165) is 18.8 Å². The molecule has 1 aromatic carbocycles. The van der Waals surface area contributed by atoms with E-state index in [1.54, 1.807) is 6.92 Å². The fraction of sp³-hybridized carbons (Fsp3) is 0.640. The third-order valence-corrected chi connectivity index (χ3v) is 7.43. The zero-order chi connectivity index (χ0) is 24.5. The standard InChI is InChI=1S/C25H35N3O6/c1-4-27(5-2)17-10-8-16(9-11-17)26-22(30)21-25-13-12-18(34-25)19(24(32)33-6-3)20(25)23(31)28(21)14-7-15-29/h8-11,18-21,29H,4-7,12-15H2,1-3H3,(H,26,30)/t18-,19+,20+,21-,25+/m1/s1. The molecule has 0 radical (unpaired) electrons. The number of hydrogen-bond donors (Lipinski definition) is 2. The number of anilines is 2. The third kappa shape index (κ3) is 3.94. The predicted molar refractivity (Wildman–Crippen MR) is 126 cm³/mol. The highest BCUT2D eigenvalue weighted by atomic mass is 16.6. The van der Waals surface area contributed by atoms with Gasteiger partial charge in [0.1, 0.15) is 11.6 Å². The van der Waals surface area contributed by atoms with Gasteiger partial charge in [0.15, 0.2) is 0 Å². The Bertz CT molecular complexity index is 918. The molecule has 0 unspecified atom stereocenters. The van der Waals surface area contributed by atoms with Crippen molar-refractivity contribution in [2.24, 2.45) is 11.8 Å². The Morgan fingerprint density at radius 2 is 1.94 bits per heavy atom. The van der Waals surface area contributed by atoms with Crippen LogP contribution in [0.1, 0.15) is 40.0 Å². The molecule has 2 amide bonds. The average molecular weight is 474 g/mol. The summed E-state index contributed by atoms with van der Waals surface area (Å²) >= 11 is 0. The van der Waals surface area contributed by atoms with Gasteiger partial charge in [-0.05, 0) is 64.3 Å². The van der Waals surface area contributed by atoms with Gasteiger partial charge in [0.2, 0.25) is 11.8 Å². The minimum atomic E-state index is -1.06. The van der Waals surface area contributed by atoms with Gasteiger partial charge >= 0.3 is 5.97 Å². The molecule has 0 aromatic heterocycles. The summed E-state index contributed by atoms with van der Waals surface area (Å²) < 4.78 is 11.6. The molecule has 3 saturated heterocycles. The van der Waals surface area contributed by atoms with Gasteiger partial charge in [-0.2, -0.15) is 0 Å². The van der Waals surface area contributed by atoms with Crippen LogP contribution in [0.15, 0.2) is 24.3 Å². The van der Waals surface area contributed by atoms with E-state index in [9.17, 15) is 19.5 Å². The first-order valence-electron chi connectivity index (χ1n) is 12.3. The zero-order valence-corrected chi connectivity index (χ0v) is 20.2. The summed E-state index contributed by atoms with van der Waals surface area (Å²) in [4.78, 5) is 43.6. The molecule has 9 nitrogen and oxygen atoms in total. The number of nitrogens with zero attached hydrogens (tertiary/aromatic N) is 2. The van der Waals surface area contributed by atoms with Crippen molar-refractivity contribution in [3.63, 3.8) is 0 Å². The van der Waals surface area contributed by atoms with Crippen molar-refractivity contribution in [3.05, 3.63) is 24.3 Å². The van der Waals surface area contributed by atoms with Gasteiger partial charge in [0, 0.05) is 37.6 Å². The molecule has 0 saturated carbocycles. The Morgan fingerprint density at radius 1 is 1.24 bits per heavy atom. The van der Waals surface area contributed by atoms with Gasteiger partial charge in [0.05, 0.1) is 24.5 Å². The van der Waals surface area contributed by atoms with Crippen LogP contribution in [-0.2, 0) is 23.9 Å². The summed E-state index contributed by atoms with van der Waals surface area (Å²) in [5.41, 5.74) is 0.641. The van der Waals surface area contributed by atoms with E-state index in [2.05, 4.69) is 24.1 Å². The van der Waals surface area contributed by atoms with Gasteiger partial charge in [-0.15, -0.1) is 0 Å². The van der Waals surface area contributed by atoms with Crippen molar-refractivity contribution in [3.8, 4) is 0 Å². The van der Waals surface area contributed by atoms with Crippen LogP contribution < -0.4 is 10.2 Å². The zero-order valence-electron chi connectivity index (χ0n) is 20.2. The first-order chi connectivity index (χ1) is 16.4. The van der Waals surface area contributed by atoms with Gasteiger partial charge in [-0.1, -0.05) is 0 Å². The highest BCUT2D eigenvalue weighted by Gasteiger charge is 2.74. The topological polar surface area (TPSA) is 108 Å². The summed E-state index contributed by atoms with van der Waals surface area (Å²) in [6, 6.07) is 6.75. The SMILES string of the molecule is CCOC(=O)[C@@H]1[C@H]2C(=O)N(CCCO)[C@H](C(=O)Nc3ccc(N(CC)CC)cc3)[C@]23CC[C@H]1O3. The number of carbonyl (C=O) groups is 3. The summed E-state index contributed by atoms with van der Waals surface area (Å²) in [5, 5.41) is 12.3. The number of aliphatic hydroxyl groups is 1. The number of carbonyl (C=O) groups excluding carboxylic acids is 3. The summed E-state index contributed by atoms with van der Waals surface area (Å²) in [6.45, 7) is 8.02. The number of benzene rings is 1. The van der Waals surface area contributed by atoms with Crippen LogP contribution in [0.25, 0.3) is 0 Å². The Hall–Kier alpha value is -2.65. The minimum Gasteiger partial charge on any atom is -0.466 e. The molecule has 0 aliphatic carbocycles. The molecule has 34 heavy (non-hydrogen) atoms. The second-order valence-corrected chi connectivity index (χ2v) is 9.13. The molecule has 9 heteroatoms. The lowest BCUT2D eigenvalue weighted by atomic mass is 9.71. The lowest BCUT2D eigenvalue weighted by Gasteiger charge is -2.33. The highest BCUT2D eigenvalue weighted by Crippen LogP contribution is 2.58. The summed E-state index contributed by atoms with van der Waals surface area (Å²) in [6.07, 6.45) is 1.04.